The van der Waals surface area contributed by atoms with Gasteiger partial charge in [-0.05, 0) is 25.3 Å². The topological polar surface area (TPSA) is 47.8 Å². The second kappa shape index (κ2) is 6.20. The molecule has 0 saturated heterocycles. The molecule has 1 heterocycles. The van der Waals surface area contributed by atoms with Crippen LogP contribution in [0.15, 0.2) is 24.3 Å². The standard InChI is InChI=1S/C17H21N3O/c1-13-7-9-14(10-8-13)11-20-17(16(12-21)18-19-20)15-5-3-2-4-6-15/h7-10,12,15H,2-6,11H2,1H3. The summed E-state index contributed by atoms with van der Waals surface area (Å²) in [4.78, 5) is 11.3. The zero-order chi connectivity index (χ0) is 14.7. The predicted octanol–water partition coefficient (Wildman–Crippen LogP) is 3.50. The van der Waals surface area contributed by atoms with E-state index in [1.807, 2.05) is 4.68 Å². The van der Waals surface area contributed by atoms with Crippen molar-refractivity contribution in [2.45, 2.75) is 51.5 Å². The molecule has 0 amide bonds. The van der Waals surface area contributed by atoms with Gasteiger partial charge in [-0.25, -0.2) is 4.68 Å². The van der Waals surface area contributed by atoms with Crippen LogP contribution in [0.1, 0.15) is 65.3 Å². The van der Waals surface area contributed by atoms with Crippen LogP contribution in [0.2, 0.25) is 0 Å². The summed E-state index contributed by atoms with van der Waals surface area (Å²) in [5, 5.41) is 8.28. The van der Waals surface area contributed by atoms with E-state index in [0.29, 0.717) is 18.2 Å². The smallest absolute Gasteiger partial charge is 0.172 e. The van der Waals surface area contributed by atoms with Crippen molar-refractivity contribution in [3.05, 3.63) is 46.8 Å². The van der Waals surface area contributed by atoms with Crippen molar-refractivity contribution in [2.24, 2.45) is 0 Å². The maximum absolute atomic E-state index is 11.3. The zero-order valence-corrected chi connectivity index (χ0v) is 12.5. The summed E-state index contributed by atoms with van der Waals surface area (Å²) >= 11 is 0. The van der Waals surface area contributed by atoms with Gasteiger partial charge >= 0.3 is 0 Å². The lowest BCUT2D eigenvalue weighted by molar-refractivity contribution is 0.111. The summed E-state index contributed by atoms with van der Waals surface area (Å²) in [7, 11) is 0. The van der Waals surface area contributed by atoms with Gasteiger partial charge in [0.15, 0.2) is 6.29 Å². The van der Waals surface area contributed by atoms with Crippen molar-refractivity contribution in [3.63, 3.8) is 0 Å². The minimum Gasteiger partial charge on any atom is -0.296 e. The van der Waals surface area contributed by atoms with Crippen LogP contribution in [0.25, 0.3) is 0 Å². The van der Waals surface area contributed by atoms with Crippen molar-refractivity contribution >= 4 is 6.29 Å². The van der Waals surface area contributed by atoms with E-state index in [0.717, 1.165) is 24.8 Å². The lowest BCUT2D eigenvalue weighted by Gasteiger charge is -2.22. The molecule has 0 N–H and O–H groups in total. The molecule has 1 aliphatic carbocycles. The van der Waals surface area contributed by atoms with E-state index >= 15 is 0 Å². The largest absolute Gasteiger partial charge is 0.296 e. The lowest BCUT2D eigenvalue weighted by Crippen LogP contribution is -2.14. The van der Waals surface area contributed by atoms with Crippen molar-refractivity contribution in [1.82, 2.24) is 15.0 Å². The van der Waals surface area contributed by atoms with Crippen LogP contribution in [-0.4, -0.2) is 21.3 Å². The molecule has 4 nitrogen and oxygen atoms in total. The maximum atomic E-state index is 11.3. The molecule has 4 heteroatoms. The van der Waals surface area contributed by atoms with Gasteiger partial charge in [-0.3, -0.25) is 4.79 Å². The van der Waals surface area contributed by atoms with Gasteiger partial charge in [0.25, 0.3) is 0 Å². The zero-order valence-electron chi connectivity index (χ0n) is 12.5. The van der Waals surface area contributed by atoms with Gasteiger partial charge in [0.05, 0.1) is 12.2 Å². The Labute approximate surface area is 125 Å². The van der Waals surface area contributed by atoms with Gasteiger partial charge < -0.3 is 0 Å². The first-order valence-corrected chi connectivity index (χ1v) is 7.72. The molecule has 21 heavy (non-hydrogen) atoms. The van der Waals surface area contributed by atoms with E-state index in [4.69, 9.17) is 0 Å². The van der Waals surface area contributed by atoms with Gasteiger partial charge in [-0.15, -0.1) is 5.10 Å². The lowest BCUT2D eigenvalue weighted by atomic mass is 9.86. The summed E-state index contributed by atoms with van der Waals surface area (Å²) < 4.78 is 1.92. The second-order valence-electron chi connectivity index (χ2n) is 5.96. The number of carbonyl (C=O) groups is 1. The molecule has 110 valence electrons. The molecule has 0 bridgehead atoms. The molecule has 0 spiro atoms. The molecule has 1 aliphatic rings. The highest BCUT2D eigenvalue weighted by Crippen LogP contribution is 2.33. The van der Waals surface area contributed by atoms with E-state index in [-0.39, 0.29) is 0 Å². The van der Waals surface area contributed by atoms with E-state index in [1.165, 1.54) is 30.4 Å². The van der Waals surface area contributed by atoms with Crippen LogP contribution in [0.5, 0.6) is 0 Å². The molecule has 1 aromatic carbocycles. The van der Waals surface area contributed by atoms with Crippen molar-refractivity contribution in [3.8, 4) is 0 Å². The first-order chi connectivity index (χ1) is 10.3. The molecular weight excluding hydrogens is 262 g/mol. The molecule has 1 fully saturated rings. The molecule has 0 radical (unpaired) electrons. The number of aromatic nitrogens is 3. The van der Waals surface area contributed by atoms with Crippen LogP contribution in [0, 0.1) is 6.92 Å². The SMILES string of the molecule is Cc1ccc(Cn2nnc(C=O)c2C2CCCCC2)cc1. The van der Waals surface area contributed by atoms with Crippen LogP contribution >= 0.6 is 0 Å². The molecule has 2 aromatic rings. The fraction of sp³-hybridized carbons (Fsp3) is 0.471. The molecule has 0 atom stereocenters. The number of hydrogen-bond donors (Lipinski definition) is 0. The van der Waals surface area contributed by atoms with Crippen LogP contribution in [-0.2, 0) is 6.54 Å². The van der Waals surface area contributed by atoms with Crippen molar-refractivity contribution in [1.29, 1.82) is 0 Å². The number of carbonyl (C=O) groups excluding carboxylic acids is 1. The van der Waals surface area contributed by atoms with E-state index in [2.05, 4.69) is 41.5 Å². The highest BCUT2D eigenvalue weighted by atomic mass is 16.1. The Balaban J connectivity index is 1.89. The molecule has 1 saturated carbocycles. The molecule has 3 rings (SSSR count). The first kappa shape index (κ1) is 14.0. The fourth-order valence-electron chi connectivity index (χ4n) is 3.20. The normalized spacial score (nSPS) is 16.0. The highest BCUT2D eigenvalue weighted by Gasteiger charge is 2.24. The number of aldehydes is 1. The average Bonchev–Trinajstić information content (AvgIpc) is 2.93. The first-order valence-electron chi connectivity index (χ1n) is 7.72. The number of benzene rings is 1. The summed E-state index contributed by atoms with van der Waals surface area (Å²) in [5.74, 6) is 0.430. The number of nitrogens with zero attached hydrogens (tertiary/aromatic N) is 3. The Morgan fingerprint density at radius 1 is 1.19 bits per heavy atom. The quantitative estimate of drug-likeness (QED) is 0.807. The Kier molecular flexibility index (Phi) is 4.13. The minimum absolute atomic E-state index is 0.430. The number of hydrogen-bond acceptors (Lipinski definition) is 3. The van der Waals surface area contributed by atoms with Crippen molar-refractivity contribution in [2.75, 3.05) is 0 Å². The molecule has 0 unspecified atom stereocenters. The van der Waals surface area contributed by atoms with Gasteiger partial charge in [0.1, 0.15) is 5.69 Å². The number of rotatable bonds is 4. The molecular formula is C17H21N3O. The molecule has 0 aliphatic heterocycles. The number of aryl methyl sites for hydroxylation is 1. The van der Waals surface area contributed by atoms with Crippen LogP contribution < -0.4 is 0 Å². The monoisotopic (exact) mass is 283 g/mol. The van der Waals surface area contributed by atoms with Gasteiger partial charge in [-0.2, -0.15) is 0 Å². The Bertz CT molecular complexity index is 609. The summed E-state index contributed by atoms with van der Waals surface area (Å²) in [6.07, 6.45) is 6.90. The van der Waals surface area contributed by atoms with Gasteiger partial charge in [0, 0.05) is 5.92 Å². The van der Waals surface area contributed by atoms with Crippen LogP contribution in [0.4, 0.5) is 0 Å². The second-order valence-corrected chi connectivity index (χ2v) is 5.96. The fourth-order valence-corrected chi connectivity index (χ4v) is 3.20. The minimum atomic E-state index is 0.430. The third-order valence-corrected chi connectivity index (χ3v) is 4.36. The van der Waals surface area contributed by atoms with Gasteiger partial charge in [-0.1, -0.05) is 54.3 Å². The Morgan fingerprint density at radius 2 is 1.90 bits per heavy atom. The average molecular weight is 283 g/mol. The predicted molar refractivity (Wildman–Crippen MR) is 81.5 cm³/mol. The summed E-state index contributed by atoms with van der Waals surface area (Å²) in [6.45, 7) is 2.77. The van der Waals surface area contributed by atoms with Crippen molar-refractivity contribution < 1.29 is 4.79 Å². The summed E-state index contributed by atoms with van der Waals surface area (Å²) in [6, 6.07) is 8.44. The van der Waals surface area contributed by atoms with E-state index < -0.39 is 0 Å². The maximum Gasteiger partial charge on any atom is 0.172 e. The summed E-state index contributed by atoms with van der Waals surface area (Å²) in [5.41, 5.74) is 4.00. The third kappa shape index (κ3) is 3.04. The third-order valence-electron chi connectivity index (χ3n) is 4.36. The Morgan fingerprint density at radius 3 is 2.57 bits per heavy atom. The Hall–Kier alpha value is -1.97. The molecule has 1 aromatic heterocycles. The van der Waals surface area contributed by atoms with Crippen LogP contribution in [0.3, 0.4) is 0 Å². The highest BCUT2D eigenvalue weighted by molar-refractivity contribution is 5.73. The van der Waals surface area contributed by atoms with Gasteiger partial charge in [0.2, 0.25) is 0 Å². The van der Waals surface area contributed by atoms with E-state index in [9.17, 15) is 4.79 Å². The van der Waals surface area contributed by atoms with E-state index in [1.54, 1.807) is 0 Å².